The van der Waals surface area contributed by atoms with Crippen molar-refractivity contribution in [2.45, 2.75) is 6.92 Å². The van der Waals surface area contributed by atoms with Gasteiger partial charge >= 0.3 is 0 Å². The molecule has 0 aliphatic carbocycles. The van der Waals surface area contributed by atoms with E-state index in [1.54, 1.807) is 6.07 Å². The molecule has 1 aromatic rings. The Labute approximate surface area is 128 Å². The fourth-order valence-corrected chi connectivity index (χ4v) is 2.67. The minimum atomic E-state index is -0.644. The molecule has 0 aromatic heterocycles. The monoisotopic (exact) mass is 392 g/mol. The van der Waals surface area contributed by atoms with Crippen LogP contribution in [0, 0.1) is 6.92 Å². The maximum atomic E-state index is 12.3. The molecule has 0 spiro atoms. The third-order valence-electron chi connectivity index (χ3n) is 2.78. The average Bonchev–Trinajstić information content (AvgIpc) is 2.39. The lowest BCUT2D eigenvalue weighted by Crippen LogP contribution is -2.46. The molecule has 7 heteroatoms. The molecule has 1 N–H and O–H groups in total. The van der Waals surface area contributed by atoms with Crippen molar-refractivity contribution < 1.29 is 14.7 Å². The number of benzene rings is 1. The Morgan fingerprint density at radius 3 is 2.32 bits per heavy atom. The van der Waals surface area contributed by atoms with Crippen LogP contribution in [0.15, 0.2) is 21.1 Å². The Kier molecular flexibility index (Phi) is 5.51. The number of amides is 2. The van der Waals surface area contributed by atoms with Crippen LogP contribution < -0.4 is 0 Å². The predicted octanol–water partition coefficient (Wildman–Crippen LogP) is 1.96. The van der Waals surface area contributed by atoms with Gasteiger partial charge in [0.05, 0.1) is 0 Å². The van der Waals surface area contributed by atoms with Gasteiger partial charge < -0.3 is 5.11 Å². The van der Waals surface area contributed by atoms with Crippen LogP contribution in [-0.2, 0) is 4.79 Å². The largest absolute Gasteiger partial charge is 0.386 e. The van der Waals surface area contributed by atoms with Crippen LogP contribution in [0.5, 0.6) is 0 Å². The van der Waals surface area contributed by atoms with Gasteiger partial charge in [0.2, 0.25) is 0 Å². The molecule has 0 bridgehead atoms. The number of halogens is 2. The van der Waals surface area contributed by atoms with Gasteiger partial charge in [0.15, 0.2) is 0 Å². The molecule has 0 aliphatic rings. The van der Waals surface area contributed by atoms with Gasteiger partial charge in [0.25, 0.3) is 11.8 Å². The number of aliphatic hydroxyl groups is 1. The van der Waals surface area contributed by atoms with Crippen LogP contribution in [0.25, 0.3) is 0 Å². The van der Waals surface area contributed by atoms with Crippen molar-refractivity contribution in [3.8, 4) is 0 Å². The summed E-state index contributed by atoms with van der Waals surface area (Å²) in [6.07, 6.45) is 0. The first-order valence-electron chi connectivity index (χ1n) is 5.40. The summed E-state index contributed by atoms with van der Waals surface area (Å²) in [4.78, 5) is 23.7. The normalized spacial score (nSPS) is 10.2. The van der Waals surface area contributed by atoms with Crippen LogP contribution in [-0.4, -0.2) is 47.6 Å². The molecule has 1 aromatic carbocycles. The lowest BCUT2D eigenvalue weighted by Gasteiger charge is -2.28. The summed E-state index contributed by atoms with van der Waals surface area (Å²) in [5.74, 6) is -0.883. The number of hydrogen-bond donors (Lipinski definition) is 1. The number of hydrogen-bond acceptors (Lipinski definition) is 3. The molecule has 19 heavy (non-hydrogen) atoms. The van der Waals surface area contributed by atoms with Crippen molar-refractivity contribution in [2.24, 2.45) is 0 Å². The van der Waals surface area contributed by atoms with Crippen molar-refractivity contribution >= 4 is 43.7 Å². The SMILES string of the molecule is Cc1c(Br)cc(Br)cc1C(=O)N(C)N(C)C(=O)CO. The van der Waals surface area contributed by atoms with E-state index in [-0.39, 0.29) is 5.91 Å². The molecular formula is C12H14Br2N2O3. The van der Waals surface area contributed by atoms with Gasteiger partial charge in [-0.15, -0.1) is 0 Å². The summed E-state index contributed by atoms with van der Waals surface area (Å²) in [7, 11) is 2.91. The number of carbonyl (C=O) groups is 2. The average molecular weight is 394 g/mol. The highest BCUT2D eigenvalue weighted by Crippen LogP contribution is 2.26. The fourth-order valence-electron chi connectivity index (χ4n) is 1.45. The Balaban J connectivity index is 3.10. The van der Waals surface area contributed by atoms with Crippen molar-refractivity contribution in [1.82, 2.24) is 10.0 Å². The molecular weight excluding hydrogens is 380 g/mol. The molecule has 0 heterocycles. The first-order valence-corrected chi connectivity index (χ1v) is 6.99. The van der Waals surface area contributed by atoms with Crippen molar-refractivity contribution in [1.29, 1.82) is 0 Å². The zero-order chi connectivity index (χ0) is 14.7. The summed E-state index contributed by atoms with van der Waals surface area (Å²) in [5.41, 5.74) is 1.26. The summed E-state index contributed by atoms with van der Waals surface area (Å²) in [5, 5.41) is 11.1. The van der Waals surface area contributed by atoms with Crippen LogP contribution in [0.3, 0.4) is 0 Å². The Bertz CT molecular complexity index is 520. The van der Waals surface area contributed by atoms with E-state index in [9.17, 15) is 9.59 Å². The number of hydrazine groups is 1. The molecule has 104 valence electrons. The lowest BCUT2D eigenvalue weighted by molar-refractivity contribution is -0.143. The second-order valence-electron chi connectivity index (χ2n) is 3.96. The quantitative estimate of drug-likeness (QED) is 0.781. The standard InChI is InChI=1S/C12H14Br2N2O3/c1-7-9(4-8(13)5-10(7)14)12(19)16(3)15(2)11(18)6-17/h4-5,17H,6H2,1-3H3. The fraction of sp³-hybridized carbons (Fsp3) is 0.333. The Morgan fingerprint density at radius 1 is 1.21 bits per heavy atom. The van der Waals surface area contributed by atoms with Crippen LogP contribution in [0.4, 0.5) is 0 Å². The van der Waals surface area contributed by atoms with E-state index in [0.29, 0.717) is 5.56 Å². The van der Waals surface area contributed by atoms with Gasteiger partial charge in [-0.25, -0.2) is 0 Å². The summed E-state index contributed by atoms with van der Waals surface area (Å²) >= 11 is 6.70. The van der Waals surface area contributed by atoms with Crippen molar-refractivity contribution in [3.05, 3.63) is 32.2 Å². The second-order valence-corrected chi connectivity index (χ2v) is 5.73. The number of carbonyl (C=O) groups excluding carboxylic acids is 2. The molecule has 0 aliphatic heterocycles. The first-order chi connectivity index (χ1) is 8.79. The maximum Gasteiger partial charge on any atom is 0.272 e. The van der Waals surface area contributed by atoms with Gasteiger partial charge in [-0.3, -0.25) is 19.6 Å². The summed E-state index contributed by atoms with van der Waals surface area (Å²) < 4.78 is 1.56. The molecule has 0 saturated carbocycles. The van der Waals surface area contributed by atoms with Gasteiger partial charge in [-0.05, 0) is 24.6 Å². The van der Waals surface area contributed by atoms with E-state index >= 15 is 0 Å². The topological polar surface area (TPSA) is 60.9 Å². The Morgan fingerprint density at radius 2 is 1.79 bits per heavy atom. The molecule has 2 amide bonds. The van der Waals surface area contributed by atoms with E-state index < -0.39 is 12.5 Å². The number of rotatable bonds is 2. The number of aliphatic hydroxyl groups excluding tert-OH is 1. The molecule has 0 unspecified atom stereocenters. The van der Waals surface area contributed by atoms with Gasteiger partial charge in [0, 0.05) is 28.6 Å². The van der Waals surface area contributed by atoms with Gasteiger partial charge in [0.1, 0.15) is 6.61 Å². The molecule has 1 rings (SSSR count). The highest BCUT2D eigenvalue weighted by Gasteiger charge is 2.22. The number of likely N-dealkylation sites (N-methyl/N-ethyl adjacent to an activating group) is 1. The van der Waals surface area contributed by atoms with Crippen LogP contribution >= 0.6 is 31.9 Å². The lowest BCUT2D eigenvalue weighted by atomic mass is 10.1. The zero-order valence-electron chi connectivity index (χ0n) is 10.8. The van der Waals surface area contributed by atoms with Gasteiger partial charge in [-0.1, -0.05) is 31.9 Å². The molecule has 0 radical (unpaired) electrons. The zero-order valence-corrected chi connectivity index (χ0v) is 13.9. The van der Waals surface area contributed by atoms with E-state index in [0.717, 1.165) is 19.5 Å². The summed E-state index contributed by atoms with van der Waals surface area (Å²) in [6, 6.07) is 3.53. The third-order valence-corrected chi connectivity index (χ3v) is 4.06. The van der Waals surface area contributed by atoms with E-state index in [1.165, 1.54) is 19.1 Å². The third kappa shape index (κ3) is 3.55. The van der Waals surface area contributed by atoms with E-state index in [2.05, 4.69) is 31.9 Å². The van der Waals surface area contributed by atoms with E-state index in [4.69, 9.17) is 5.11 Å². The Hall–Kier alpha value is -0.920. The molecule has 5 nitrogen and oxygen atoms in total. The highest BCUT2D eigenvalue weighted by molar-refractivity contribution is 9.11. The van der Waals surface area contributed by atoms with Crippen LogP contribution in [0.1, 0.15) is 15.9 Å². The predicted molar refractivity (Wildman–Crippen MR) is 78.5 cm³/mol. The summed E-state index contributed by atoms with van der Waals surface area (Å²) in [6.45, 7) is 1.17. The number of nitrogens with zero attached hydrogens (tertiary/aromatic N) is 2. The molecule has 0 saturated heterocycles. The molecule has 0 atom stereocenters. The second kappa shape index (κ2) is 6.49. The first kappa shape index (κ1) is 16.1. The molecule has 0 fully saturated rings. The minimum Gasteiger partial charge on any atom is -0.386 e. The van der Waals surface area contributed by atoms with Crippen molar-refractivity contribution in [3.63, 3.8) is 0 Å². The minimum absolute atomic E-state index is 0.330. The van der Waals surface area contributed by atoms with Crippen molar-refractivity contribution in [2.75, 3.05) is 20.7 Å². The highest BCUT2D eigenvalue weighted by atomic mass is 79.9. The van der Waals surface area contributed by atoms with E-state index in [1.807, 2.05) is 13.0 Å². The smallest absolute Gasteiger partial charge is 0.272 e. The van der Waals surface area contributed by atoms with Gasteiger partial charge in [-0.2, -0.15) is 0 Å². The van der Waals surface area contributed by atoms with Crippen LogP contribution in [0.2, 0.25) is 0 Å². The maximum absolute atomic E-state index is 12.3.